The van der Waals surface area contributed by atoms with Crippen LogP contribution >= 0.6 is 8.60 Å². The predicted octanol–water partition coefficient (Wildman–Crippen LogP) is 0.111. The van der Waals surface area contributed by atoms with Gasteiger partial charge in [-0.3, -0.25) is 0 Å². The quantitative estimate of drug-likeness (QED) is 0.568. The average molecular weight is 175 g/mol. The second kappa shape index (κ2) is 8.60. The molecule has 0 saturated carbocycles. The summed E-state index contributed by atoms with van der Waals surface area (Å²) in [6.07, 6.45) is 0. The van der Waals surface area contributed by atoms with Crippen LogP contribution in [0.1, 0.15) is 13.8 Å². The fourth-order valence-electron chi connectivity index (χ4n) is 0.248. The van der Waals surface area contributed by atoms with Crippen LogP contribution in [0.25, 0.3) is 0 Å². The van der Waals surface area contributed by atoms with Crippen LogP contribution in [0, 0.1) is 12.4 Å². The second-order valence-electron chi connectivity index (χ2n) is 1.06. The number of rotatable bonds is 4. The Labute approximate surface area is 62.8 Å². The highest BCUT2D eigenvalue weighted by molar-refractivity contribution is 7.39. The highest BCUT2D eigenvalue weighted by Gasteiger charge is 1.86. The van der Waals surface area contributed by atoms with E-state index in [1.54, 1.807) is 13.8 Å². The molecular formula is C4H12ClO3P. The van der Waals surface area contributed by atoms with Gasteiger partial charge in [0.15, 0.2) is 0 Å². The van der Waals surface area contributed by atoms with Crippen molar-refractivity contribution in [1.29, 1.82) is 0 Å². The molecule has 0 unspecified atom stereocenters. The molecule has 0 radical (unpaired) electrons. The van der Waals surface area contributed by atoms with Crippen LogP contribution < -0.4 is 4.89 Å². The summed E-state index contributed by atoms with van der Waals surface area (Å²) in [5.74, 6) is 0. The van der Waals surface area contributed by atoms with Crippen LogP contribution in [-0.2, 0) is 9.05 Å². The van der Waals surface area contributed by atoms with Crippen LogP contribution in [0.4, 0.5) is 0 Å². The van der Waals surface area contributed by atoms with Crippen molar-refractivity contribution in [1.82, 2.24) is 0 Å². The van der Waals surface area contributed by atoms with Gasteiger partial charge in [-0.15, -0.1) is 0 Å². The first-order valence-electron chi connectivity index (χ1n) is 2.54. The van der Waals surface area contributed by atoms with E-state index in [9.17, 15) is 4.89 Å². The van der Waals surface area contributed by atoms with E-state index in [0.717, 1.165) is 0 Å². The Morgan fingerprint density at radius 1 is 1.22 bits per heavy atom. The summed E-state index contributed by atoms with van der Waals surface area (Å²) in [6, 6.07) is 0. The van der Waals surface area contributed by atoms with Crippen molar-refractivity contribution in [2.45, 2.75) is 13.8 Å². The van der Waals surface area contributed by atoms with E-state index in [1.807, 2.05) is 0 Å². The van der Waals surface area contributed by atoms with E-state index in [2.05, 4.69) is 9.05 Å². The Hall–Kier alpha value is 0.600. The molecule has 9 heavy (non-hydrogen) atoms. The van der Waals surface area contributed by atoms with Crippen molar-refractivity contribution in [2.24, 2.45) is 0 Å². The molecule has 0 aliphatic carbocycles. The highest BCUT2D eigenvalue weighted by Crippen LogP contribution is 2.26. The first kappa shape index (κ1) is 12.3. The lowest BCUT2D eigenvalue weighted by atomic mass is 10.9. The maximum atomic E-state index is 10.3. The highest BCUT2D eigenvalue weighted by atomic mass is 35.5. The fraction of sp³-hybridized carbons (Fsp3) is 1.00. The Bertz CT molecular complexity index is 49.1. The standard InChI is InChI=1S/C4H10O3P.ClH2/c1-3-6-8(5)7-4-2;/h3-4H2,1-2H3;1H2/q-1;+1. The third-order valence-electron chi connectivity index (χ3n) is 0.469. The smallest absolute Gasteiger partial charge is 0.0903 e. The van der Waals surface area contributed by atoms with Gasteiger partial charge in [0.1, 0.15) is 0 Å². The van der Waals surface area contributed by atoms with Crippen molar-refractivity contribution >= 4 is 8.60 Å². The van der Waals surface area contributed by atoms with E-state index >= 15 is 0 Å². The Kier molecular flexibility index (Phi) is 11.7. The molecule has 0 N–H and O–H groups in total. The van der Waals surface area contributed by atoms with Crippen molar-refractivity contribution in [3.8, 4) is 0 Å². The van der Waals surface area contributed by atoms with E-state index in [1.165, 1.54) is 0 Å². The van der Waals surface area contributed by atoms with Gasteiger partial charge in [0.05, 0.1) is 21.0 Å². The summed E-state index contributed by atoms with van der Waals surface area (Å²) in [4.78, 5) is 10.3. The summed E-state index contributed by atoms with van der Waals surface area (Å²) in [7, 11) is -1.83. The molecule has 0 aliphatic rings. The van der Waals surface area contributed by atoms with E-state index < -0.39 is 8.60 Å². The molecule has 3 nitrogen and oxygen atoms in total. The van der Waals surface area contributed by atoms with Gasteiger partial charge in [-0.1, -0.05) is 0 Å². The molecule has 0 heterocycles. The summed E-state index contributed by atoms with van der Waals surface area (Å²) >= 11 is 0. The monoisotopic (exact) mass is 174 g/mol. The lowest BCUT2D eigenvalue weighted by molar-refractivity contribution is -0.203. The minimum atomic E-state index is -1.83. The van der Waals surface area contributed by atoms with Gasteiger partial charge in [0.25, 0.3) is 0 Å². The maximum Gasteiger partial charge on any atom is 0.0903 e. The van der Waals surface area contributed by atoms with Crippen molar-refractivity contribution in [3.05, 3.63) is 0 Å². The maximum absolute atomic E-state index is 10.3. The van der Waals surface area contributed by atoms with Gasteiger partial charge in [-0.2, -0.15) is 0 Å². The van der Waals surface area contributed by atoms with Gasteiger partial charge < -0.3 is 13.9 Å². The molecule has 58 valence electrons. The molecule has 0 amide bonds. The second-order valence-corrected chi connectivity index (χ2v) is 2.02. The zero-order valence-corrected chi connectivity index (χ0v) is 7.32. The van der Waals surface area contributed by atoms with Gasteiger partial charge in [-0.05, 0) is 13.8 Å². The molecule has 0 spiro atoms. The largest absolute Gasteiger partial charge is 0.786 e. The minimum Gasteiger partial charge on any atom is -0.786 e. The van der Waals surface area contributed by atoms with Crippen molar-refractivity contribution in [3.63, 3.8) is 0 Å². The summed E-state index contributed by atoms with van der Waals surface area (Å²) in [5.41, 5.74) is 0. The molecule has 0 aromatic heterocycles. The van der Waals surface area contributed by atoms with Crippen LogP contribution in [0.15, 0.2) is 0 Å². The lowest BCUT2D eigenvalue weighted by Gasteiger charge is -2.19. The van der Waals surface area contributed by atoms with Crippen molar-refractivity contribution in [2.75, 3.05) is 13.2 Å². The molecular weight excluding hydrogens is 162 g/mol. The van der Waals surface area contributed by atoms with E-state index in [-0.39, 0.29) is 12.4 Å². The van der Waals surface area contributed by atoms with E-state index in [4.69, 9.17) is 0 Å². The van der Waals surface area contributed by atoms with Gasteiger partial charge in [0, 0.05) is 13.2 Å². The SMILES string of the molecule is CCOP([O-])OCC.[ClH2+]. The van der Waals surface area contributed by atoms with Crippen LogP contribution in [0.3, 0.4) is 0 Å². The van der Waals surface area contributed by atoms with Crippen molar-refractivity contribution < 1.29 is 26.3 Å². The van der Waals surface area contributed by atoms with Gasteiger partial charge in [-0.25, -0.2) is 0 Å². The van der Waals surface area contributed by atoms with Gasteiger partial charge in [0.2, 0.25) is 0 Å². The van der Waals surface area contributed by atoms with Crippen LogP contribution in [0.5, 0.6) is 0 Å². The van der Waals surface area contributed by atoms with E-state index in [0.29, 0.717) is 13.2 Å². The van der Waals surface area contributed by atoms with Gasteiger partial charge >= 0.3 is 0 Å². The van der Waals surface area contributed by atoms with Crippen LogP contribution in [0.2, 0.25) is 0 Å². The number of halogens is 1. The molecule has 0 atom stereocenters. The Morgan fingerprint density at radius 2 is 1.56 bits per heavy atom. The molecule has 0 rings (SSSR count). The predicted molar refractivity (Wildman–Crippen MR) is 33.0 cm³/mol. The molecule has 0 bridgehead atoms. The summed E-state index contributed by atoms with van der Waals surface area (Å²) in [6.45, 7) is 4.42. The first-order chi connectivity index (χ1) is 3.81. The molecule has 0 fully saturated rings. The lowest BCUT2D eigenvalue weighted by Crippen LogP contribution is -2.01. The normalized spacial score (nSPS) is 9.33. The zero-order valence-electron chi connectivity index (χ0n) is 5.53. The first-order valence-corrected chi connectivity index (χ1v) is 3.63. The molecule has 0 aliphatic heterocycles. The summed E-state index contributed by atoms with van der Waals surface area (Å²) < 4.78 is 9.14. The minimum absolute atomic E-state index is 0. The fourth-order valence-corrected chi connectivity index (χ4v) is 0.744. The molecule has 0 aromatic rings. The average Bonchev–Trinajstić information content (AvgIpc) is 1.68. The molecule has 0 saturated heterocycles. The third-order valence-corrected chi connectivity index (χ3v) is 1.41. The molecule has 0 aromatic carbocycles. The topological polar surface area (TPSA) is 41.5 Å². The Morgan fingerprint density at radius 3 is 1.78 bits per heavy atom. The number of hydrogen-bond acceptors (Lipinski definition) is 3. The zero-order chi connectivity index (χ0) is 6.41. The van der Waals surface area contributed by atoms with Crippen LogP contribution in [-0.4, -0.2) is 13.2 Å². The molecule has 5 heteroatoms. The summed E-state index contributed by atoms with van der Waals surface area (Å²) in [5, 5.41) is 0. The number of hydrogen-bond donors (Lipinski definition) is 0. The Balaban J connectivity index is 0. The third kappa shape index (κ3) is 8.60.